The average Bonchev–Trinajstić information content (AvgIpc) is 3.12. The van der Waals surface area contributed by atoms with Crippen molar-refractivity contribution in [3.63, 3.8) is 0 Å². The average molecular weight is 427 g/mol. The van der Waals surface area contributed by atoms with Crippen LogP contribution < -0.4 is 15.8 Å². The van der Waals surface area contributed by atoms with Gasteiger partial charge in [0.25, 0.3) is 0 Å². The van der Waals surface area contributed by atoms with Crippen molar-refractivity contribution >= 4 is 40.8 Å². The zero-order valence-electron chi connectivity index (χ0n) is 15.1. The summed E-state index contributed by atoms with van der Waals surface area (Å²) >= 11 is 13.0. The van der Waals surface area contributed by atoms with Crippen LogP contribution in [0.5, 0.6) is 5.75 Å². The Labute approximate surface area is 176 Å². The summed E-state index contributed by atoms with van der Waals surface area (Å²) in [6, 6.07) is 16.8. The summed E-state index contributed by atoms with van der Waals surface area (Å²) in [6.45, 7) is 0.397. The molecule has 0 atom stereocenters. The van der Waals surface area contributed by atoms with E-state index in [1.54, 1.807) is 18.3 Å². The van der Waals surface area contributed by atoms with Crippen LogP contribution in [0.2, 0.25) is 10.0 Å². The molecule has 0 aliphatic carbocycles. The Morgan fingerprint density at radius 1 is 1.03 bits per heavy atom. The number of anilines is 3. The van der Waals surface area contributed by atoms with Gasteiger partial charge in [-0.05, 0) is 42.0 Å². The molecule has 0 radical (unpaired) electrons. The molecule has 0 amide bonds. The fourth-order valence-electron chi connectivity index (χ4n) is 2.74. The molecular weight excluding hydrogens is 411 g/mol. The van der Waals surface area contributed by atoms with E-state index in [1.807, 2.05) is 42.5 Å². The minimum absolute atomic E-state index is 0.215. The Morgan fingerprint density at radius 3 is 2.41 bits per heavy atom. The first-order chi connectivity index (χ1) is 14.1. The molecule has 7 nitrogen and oxygen atoms in total. The SMILES string of the molecule is Nc1nc(Nc2cc(Cl)c(-c3ccc(OCc4ccccn4)cc3)c(Cl)c2)n[nH]1. The van der Waals surface area contributed by atoms with Crippen LogP contribution in [0.4, 0.5) is 17.6 Å². The zero-order valence-corrected chi connectivity index (χ0v) is 16.6. The van der Waals surface area contributed by atoms with Crippen LogP contribution in [0.25, 0.3) is 11.1 Å². The van der Waals surface area contributed by atoms with E-state index in [2.05, 4.69) is 25.5 Å². The third-order valence-corrected chi connectivity index (χ3v) is 4.65. The van der Waals surface area contributed by atoms with Gasteiger partial charge >= 0.3 is 0 Å². The summed E-state index contributed by atoms with van der Waals surface area (Å²) < 4.78 is 5.77. The van der Waals surface area contributed by atoms with Gasteiger partial charge in [-0.25, -0.2) is 5.10 Å². The second-order valence-electron chi connectivity index (χ2n) is 6.12. The fraction of sp³-hybridized carbons (Fsp3) is 0.0500. The maximum absolute atomic E-state index is 6.48. The van der Waals surface area contributed by atoms with Gasteiger partial charge in [0.05, 0.1) is 15.7 Å². The Morgan fingerprint density at radius 2 is 1.79 bits per heavy atom. The maximum Gasteiger partial charge on any atom is 0.248 e. The first-order valence-corrected chi connectivity index (χ1v) is 9.41. The van der Waals surface area contributed by atoms with Crippen molar-refractivity contribution in [1.82, 2.24) is 20.2 Å². The first kappa shape index (κ1) is 19.0. The lowest BCUT2D eigenvalue weighted by Gasteiger charge is -2.12. The van der Waals surface area contributed by atoms with Gasteiger partial charge in [0.15, 0.2) is 0 Å². The van der Waals surface area contributed by atoms with Crippen molar-refractivity contribution in [2.24, 2.45) is 0 Å². The number of hydrogen-bond donors (Lipinski definition) is 3. The molecule has 0 saturated carbocycles. The minimum atomic E-state index is 0.215. The predicted octanol–water partition coefficient (Wildman–Crippen LogP) is 5.08. The van der Waals surface area contributed by atoms with Gasteiger partial charge in [0, 0.05) is 17.4 Å². The molecule has 9 heteroatoms. The smallest absolute Gasteiger partial charge is 0.248 e. The van der Waals surface area contributed by atoms with Crippen LogP contribution in [0, 0.1) is 0 Å². The molecule has 0 aliphatic heterocycles. The largest absolute Gasteiger partial charge is 0.487 e. The van der Waals surface area contributed by atoms with Gasteiger partial charge in [0.1, 0.15) is 12.4 Å². The van der Waals surface area contributed by atoms with Gasteiger partial charge in [-0.15, -0.1) is 5.10 Å². The molecule has 0 fully saturated rings. The number of nitrogen functional groups attached to an aromatic ring is 1. The lowest BCUT2D eigenvalue weighted by molar-refractivity contribution is 0.301. The molecule has 29 heavy (non-hydrogen) atoms. The van der Waals surface area contributed by atoms with Crippen molar-refractivity contribution in [3.8, 4) is 16.9 Å². The van der Waals surface area contributed by atoms with E-state index in [4.69, 9.17) is 33.7 Å². The van der Waals surface area contributed by atoms with Crippen molar-refractivity contribution in [2.45, 2.75) is 6.61 Å². The number of aromatic nitrogens is 4. The number of ether oxygens (including phenoxy) is 1. The third-order valence-electron chi connectivity index (χ3n) is 4.06. The second-order valence-corrected chi connectivity index (χ2v) is 6.93. The lowest BCUT2D eigenvalue weighted by Crippen LogP contribution is -1.97. The normalized spacial score (nSPS) is 10.7. The number of nitrogens with two attached hydrogens (primary N) is 1. The molecule has 2 heterocycles. The molecule has 2 aromatic carbocycles. The first-order valence-electron chi connectivity index (χ1n) is 8.65. The van der Waals surface area contributed by atoms with Gasteiger partial charge < -0.3 is 15.8 Å². The van der Waals surface area contributed by atoms with Crippen LogP contribution in [0.3, 0.4) is 0 Å². The number of rotatable bonds is 6. The Balaban J connectivity index is 1.50. The number of H-pyrrole nitrogens is 1. The quantitative estimate of drug-likeness (QED) is 0.397. The lowest BCUT2D eigenvalue weighted by atomic mass is 10.0. The minimum Gasteiger partial charge on any atom is -0.487 e. The summed E-state index contributed by atoms with van der Waals surface area (Å²) in [5.41, 5.74) is 8.64. The van der Waals surface area contributed by atoms with E-state index in [1.165, 1.54) is 0 Å². The van der Waals surface area contributed by atoms with Crippen LogP contribution in [-0.2, 0) is 6.61 Å². The summed E-state index contributed by atoms with van der Waals surface area (Å²) in [5, 5.41) is 10.5. The van der Waals surface area contributed by atoms with Crippen molar-refractivity contribution in [3.05, 3.63) is 76.5 Å². The fourth-order valence-corrected chi connectivity index (χ4v) is 3.44. The van der Waals surface area contributed by atoms with E-state index >= 15 is 0 Å². The van der Waals surface area contributed by atoms with Gasteiger partial charge in [0.2, 0.25) is 11.9 Å². The predicted molar refractivity (Wildman–Crippen MR) is 115 cm³/mol. The molecule has 0 saturated heterocycles. The van der Waals surface area contributed by atoms with E-state index in [0.29, 0.717) is 28.3 Å². The molecule has 0 bridgehead atoms. The van der Waals surface area contributed by atoms with E-state index in [-0.39, 0.29) is 5.95 Å². The van der Waals surface area contributed by atoms with Crippen molar-refractivity contribution in [2.75, 3.05) is 11.1 Å². The Bertz CT molecular complexity index is 1090. The second kappa shape index (κ2) is 8.38. The molecule has 2 aromatic heterocycles. The Hall–Kier alpha value is -3.29. The maximum atomic E-state index is 6.48. The number of aromatic amines is 1. The highest BCUT2D eigenvalue weighted by molar-refractivity contribution is 6.39. The summed E-state index contributed by atoms with van der Waals surface area (Å²) in [4.78, 5) is 8.23. The summed E-state index contributed by atoms with van der Waals surface area (Å²) in [5.74, 6) is 1.27. The topological polar surface area (TPSA) is 102 Å². The highest BCUT2D eigenvalue weighted by Crippen LogP contribution is 2.38. The monoisotopic (exact) mass is 426 g/mol. The number of benzene rings is 2. The van der Waals surface area contributed by atoms with Crippen LogP contribution >= 0.6 is 23.2 Å². The number of hydrogen-bond acceptors (Lipinski definition) is 6. The highest BCUT2D eigenvalue weighted by atomic mass is 35.5. The molecule has 4 rings (SSSR count). The molecule has 146 valence electrons. The number of halogens is 2. The Kier molecular flexibility index (Phi) is 5.50. The number of pyridine rings is 1. The summed E-state index contributed by atoms with van der Waals surface area (Å²) in [6.07, 6.45) is 1.74. The number of nitrogens with one attached hydrogen (secondary N) is 2. The van der Waals surface area contributed by atoms with E-state index < -0.39 is 0 Å². The molecule has 4 aromatic rings. The summed E-state index contributed by atoms with van der Waals surface area (Å²) in [7, 11) is 0. The highest BCUT2D eigenvalue weighted by Gasteiger charge is 2.12. The van der Waals surface area contributed by atoms with Crippen LogP contribution in [-0.4, -0.2) is 20.2 Å². The molecule has 0 unspecified atom stereocenters. The van der Waals surface area contributed by atoms with E-state index in [9.17, 15) is 0 Å². The standard InChI is InChI=1S/C20H16Cl2N6O/c21-16-9-14(25-20-26-19(23)27-28-20)10-17(22)18(16)12-4-6-15(7-5-12)29-11-13-3-1-2-8-24-13/h1-10H,11H2,(H4,23,25,26,27,28). The van der Waals surface area contributed by atoms with Crippen LogP contribution in [0.15, 0.2) is 60.8 Å². The van der Waals surface area contributed by atoms with Gasteiger partial charge in [-0.2, -0.15) is 4.98 Å². The molecular formula is C20H16Cl2N6O. The molecule has 0 aliphatic rings. The van der Waals surface area contributed by atoms with Crippen molar-refractivity contribution < 1.29 is 4.74 Å². The van der Waals surface area contributed by atoms with Crippen LogP contribution in [0.1, 0.15) is 5.69 Å². The number of nitrogens with zero attached hydrogens (tertiary/aromatic N) is 3. The van der Waals surface area contributed by atoms with Crippen molar-refractivity contribution in [1.29, 1.82) is 0 Å². The zero-order chi connectivity index (χ0) is 20.2. The van der Waals surface area contributed by atoms with Gasteiger partial charge in [-0.3, -0.25) is 4.98 Å². The van der Waals surface area contributed by atoms with Gasteiger partial charge in [-0.1, -0.05) is 41.4 Å². The molecule has 4 N–H and O–H groups in total. The molecule has 0 spiro atoms. The third kappa shape index (κ3) is 4.59. The van der Waals surface area contributed by atoms with E-state index in [0.717, 1.165) is 22.6 Å².